The van der Waals surface area contributed by atoms with E-state index in [1.54, 1.807) is 0 Å². The summed E-state index contributed by atoms with van der Waals surface area (Å²) in [6, 6.07) is -0.566. The first-order valence-electron chi connectivity index (χ1n) is 13.1. The van der Waals surface area contributed by atoms with E-state index in [0.717, 1.165) is 13.1 Å². The summed E-state index contributed by atoms with van der Waals surface area (Å²) < 4.78 is 1.35. The highest BCUT2D eigenvalue weighted by Gasteiger charge is 2.60. The van der Waals surface area contributed by atoms with Gasteiger partial charge in [0.05, 0.1) is 18.0 Å². The molecule has 4 aliphatic rings. The van der Waals surface area contributed by atoms with Crippen LogP contribution in [-0.2, 0) is 25.7 Å². The van der Waals surface area contributed by atoms with Gasteiger partial charge >= 0.3 is 5.97 Å². The second kappa shape index (κ2) is 10.7. The van der Waals surface area contributed by atoms with Crippen molar-refractivity contribution in [3.63, 3.8) is 0 Å². The summed E-state index contributed by atoms with van der Waals surface area (Å²) in [5.74, 6) is -2.18. The van der Waals surface area contributed by atoms with Crippen molar-refractivity contribution in [2.24, 2.45) is 17.8 Å². The number of carboxylic acids is 1. The monoisotopic (exact) mass is 546 g/mol. The standard InChI is InChI=1S/C24H34N8O5S/c1-13(8-15(33)11-31-12-26-27-28-31)18-19-14(2)21(20(24(36)37)32(19)23(18)35)38-16-9-17(25-10-16)22(34)30-6-4-29(3)5-7-30/h12-14,16-19,25H,4-11H2,1-3H3,(H,36,37)/t13-,14+,16-,17-,18+,19+/m0/s1. The molecule has 38 heavy (non-hydrogen) atoms. The van der Waals surface area contributed by atoms with E-state index in [1.807, 2.05) is 25.8 Å². The first kappa shape index (κ1) is 26.8. The van der Waals surface area contributed by atoms with Crippen LogP contribution in [0, 0.1) is 17.8 Å². The summed E-state index contributed by atoms with van der Waals surface area (Å²) in [5, 5.41) is 24.2. The predicted molar refractivity (Wildman–Crippen MR) is 136 cm³/mol. The van der Waals surface area contributed by atoms with Gasteiger partial charge in [-0.05, 0) is 29.8 Å². The van der Waals surface area contributed by atoms with E-state index in [1.165, 1.54) is 27.7 Å². The smallest absolute Gasteiger partial charge is 0.353 e. The molecule has 0 spiro atoms. The molecule has 2 N–H and O–H groups in total. The first-order valence-corrected chi connectivity index (χ1v) is 13.9. The molecule has 0 saturated carbocycles. The maximum absolute atomic E-state index is 13.2. The van der Waals surface area contributed by atoms with E-state index in [2.05, 4.69) is 25.7 Å². The predicted octanol–water partition coefficient (Wildman–Crippen LogP) is -0.721. The number of hydrogen-bond donors (Lipinski definition) is 2. The second-order valence-corrected chi connectivity index (χ2v) is 12.2. The number of carboxylic acid groups (broad SMARTS) is 1. The van der Waals surface area contributed by atoms with Crippen LogP contribution in [0.5, 0.6) is 0 Å². The number of amides is 2. The minimum atomic E-state index is -1.12. The van der Waals surface area contributed by atoms with Gasteiger partial charge < -0.3 is 25.1 Å². The van der Waals surface area contributed by atoms with Crippen LogP contribution in [0.4, 0.5) is 0 Å². The highest BCUT2D eigenvalue weighted by molar-refractivity contribution is 8.03. The number of fused-ring (bicyclic) bond motifs is 1. The molecule has 3 saturated heterocycles. The van der Waals surface area contributed by atoms with Gasteiger partial charge in [0.2, 0.25) is 11.8 Å². The zero-order chi connectivity index (χ0) is 27.1. The molecule has 3 fully saturated rings. The van der Waals surface area contributed by atoms with Gasteiger partial charge in [-0.2, -0.15) is 0 Å². The van der Waals surface area contributed by atoms with E-state index in [4.69, 9.17) is 0 Å². The summed E-state index contributed by atoms with van der Waals surface area (Å²) in [6.45, 7) is 7.60. The maximum Gasteiger partial charge on any atom is 0.353 e. The van der Waals surface area contributed by atoms with Crippen LogP contribution in [0.2, 0.25) is 0 Å². The van der Waals surface area contributed by atoms with Gasteiger partial charge in [-0.25, -0.2) is 9.48 Å². The number of aromatic nitrogens is 4. The molecule has 0 aliphatic carbocycles. The van der Waals surface area contributed by atoms with Crippen molar-refractivity contribution in [3.8, 4) is 0 Å². The minimum absolute atomic E-state index is 0.0323. The van der Waals surface area contributed by atoms with Crippen molar-refractivity contribution in [3.05, 3.63) is 16.9 Å². The number of Topliss-reactive ketones (excluding diaryl/α,β-unsaturated/α-hetero) is 1. The fraction of sp³-hybridized carbons (Fsp3) is 0.708. The molecular weight excluding hydrogens is 512 g/mol. The van der Waals surface area contributed by atoms with Crippen LogP contribution in [0.3, 0.4) is 0 Å². The van der Waals surface area contributed by atoms with Crippen molar-refractivity contribution in [2.45, 2.75) is 50.6 Å². The lowest BCUT2D eigenvalue weighted by Crippen LogP contribution is -2.62. The topological polar surface area (TPSA) is 154 Å². The molecule has 14 heteroatoms. The number of β-lactam (4-membered cyclic amide) rings is 1. The van der Waals surface area contributed by atoms with Crippen LogP contribution >= 0.6 is 11.8 Å². The fourth-order valence-electron chi connectivity index (χ4n) is 6.16. The van der Waals surface area contributed by atoms with Gasteiger partial charge in [-0.15, -0.1) is 16.9 Å². The Morgan fingerprint density at radius 1 is 1.24 bits per heavy atom. The second-order valence-electron chi connectivity index (χ2n) is 10.8. The summed E-state index contributed by atoms with van der Waals surface area (Å²) >= 11 is 1.48. The van der Waals surface area contributed by atoms with Gasteiger partial charge in [0, 0.05) is 55.2 Å². The molecule has 0 aromatic carbocycles. The molecule has 2 amide bonds. The number of carbonyl (C=O) groups excluding carboxylic acids is 3. The third kappa shape index (κ3) is 4.96. The lowest BCUT2D eigenvalue weighted by Gasteiger charge is -2.47. The van der Waals surface area contributed by atoms with Crippen molar-refractivity contribution in [2.75, 3.05) is 39.8 Å². The Morgan fingerprint density at radius 3 is 2.63 bits per heavy atom. The number of nitrogens with one attached hydrogen (secondary N) is 1. The molecule has 0 radical (unpaired) electrons. The first-order chi connectivity index (χ1) is 18.2. The van der Waals surface area contributed by atoms with Crippen LogP contribution < -0.4 is 5.32 Å². The maximum atomic E-state index is 13.2. The number of rotatable bonds is 9. The average molecular weight is 547 g/mol. The summed E-state index contributed by atoms with van der Waals surface area (Å²) in [5.41, 5.74) is 0.0508. The summed E-state index contributed by atoms with van der Waals surface area (Å²) in [7, 11) is 2.05. The highest BCUT2D eigenvalue weighted by atomic mass is 32.2. The van der Waals surface area contributed by atoms with E-state index in [-0.39, 0.29) is 65.4 Å². The number of carbonyl (C=O) groups is 4. The number of piperazine rings is 1. The summed E-state index contributed by atoms with van der Waals surface area (Å²) in [4.78, 5) is 57.2. The quantitative estimate of drug-likeness (QED) is 0.377. The van der Waals surface area contributed by atoms with Crippen LogP contribution in [0.1, 0.15) is 26.7 Å². The Bertz CT molecular complexity index is 1130. The highest BCUT2D eigenvalue weighted by Crippen LogP contribution is 2.53. The Balaban J connectivity index is 1.22. The van der Waals surface area contributed by atoms with Crippen LogP contribution in [0.15, 0.2) is 16.9 Å². The van der Waals surface area contributed by atoms with Gasteiger partial charge in [0.1, 0.15) is 18.6 Å². The number of ketones is 1. The lowest BCUT2D eigenvalue weighted by atomic mass is 9.73. The number of aliphatic carboxylic acids is 1. The van der Waals surface area contributed by atoms with Gasteiger partial charge in [-0.1, -0.05) is 13.8 Å². The normalized spacial score (nSPS) is 30.4. The molecule has 13 nitrogen and oxygen atoms in total. The summed E-state index contributed by atoms with van der Waals surface area (Å²) in [6.07, 6.45) is 2.16. The third-order valence-electron chi connectivity index (χ3n) is 8.18. The van der Waals surface area contributed by atoms with E-state index in [0.29, 0.717) is 31.0 Å². The zero-order valence-corrected chi connectivity index (χ0v) is 22.6. The number of nitrogens with zero attached hydrogens (tertiary/aromatic N) is 7. The van der Waals surface area contributed by atoms with Gasteiger partial charge in [0.25, 0.3) is 0 Å². The number of likely N-dealkylation sites (N-methyl/N-ethyl adjacent to an activating group) is 1. The van der Waals surface area contributed by atoms with Crippen molar-refractivity contribution in [1.82, 2.24) is 40.2 Å². The molecule has 5 rings (SSSR count). The van der Waals surface area contributed by atoms with E-state index in [9.17, 15) is 24.3 Å². The minimum Gasteiger partial charge on any atom is -0.477 e. The van der Waals surface area contributed by atoms with Crippen LogP contribution in [-0.4, -0.2) is 121 Å². The molecule has 0 unspecified atom stereocenters. The Morgan fingerprint density at radius 2 is 1.97 bits per heavy atom. The molecule has 4 aliphatic heterocycles. The van der Waals surface area contributed by atoms with E-state index < -0.39 is 11.9 Å². The van der Waals surface area contributed by atoms with Crippen molar-refractivity contribution < 1.29 is 24.3 Å². The van der Waals surface area contributed by atoms with Gasteiger partial charge in [0.15, 0.2) is 5.78 Å². The molecule has 1 aromatic rings. The molecular formula is C24H34N8O5S. The number of hydrogen-bond acceptors (Lipinski definition) is 10. The molecule has 5 heterocycles. The van der Waals surface area contributed by atoms with Crippen LogP contribution in [0.25, 0.3) is 0 Å². The fourth-order valence-corrected chi connectivity index (χ4v) is 7.64. The Kier molecular flexibility index (Phi) is 7.56. The molecule has 206 valence electrons. The lowest BCUT2D eigenvalue weighted by molar-refractivity contribution is -0.160. The average Bonchev–Trinajstić information content (AvgIpc) is 3.60. The van der Waals surface area contributed by atoms with Crippen molar-refractivity contribution >= 4 is 35.3 Å². The molecule has 6 atom stereocenters. The Hall–Kier alpha value is -2.84. The van der Waals surface area contributed by atoms with E-state index >= 15 is 0 Å². The largest absolute Gasteiger partial charge is 0.477 e. The SMILES string of the molecule is C[C@@H](CC(=O)Cn1cnnn1)[C@H]1C(=O)N2C(C(=O)O)=C(S[C@@H]3CN[C@H](C(=O)N4CCN(C)CC4)C3)[C@H](C)[C@H]12. The Labute approximate surface area is 224 Å². The zero-order valence-electron chi connectivity index (χ0n) is 21.8. The number of tetrazole rings is 1. The molecule has 0 bridgehead atoms. The third-order valence-corrected chi connectivity index (χ3v) is 9.69. The van der Waals surface area contributed by atoms with Crippen molar-refractivity contribution in [1.29, 1.82) is 0 Å². The van der Waals surface area contributed by atoms with Gasteiger partial charge in [-0.3, -0.25) is 14.4 Å². The molecule has 1 aromatic heterocycles. The number of thioether (sulfide) groups is 1.